The van der Waals surface area contributed by atoms with Crippen molar-refractivity contribution in [2.45, 2.75) is 50.0 Å². The fourth-order valence-electron chi connectivity index (χ4n) is 1.87. The first-order valence-electron chi connectivity index (χ1n) is 5.57. The van der Waals surface area contributed by atoms with Crippen molar-refractivity contribution in [1.82, 2.24) is 0 Å². The fourth-order valence-corrected chi connectivity index (χ4v) is 2.15. The van der Waals surface area contributed by atoms with Crippen molar-refractivity contribution < 1.29 is 9.47 Å². The molecule has 0 aliphatic carbocycles. The Kier molecular flexibility index (Phi) is 6.57. The molecule has 0 bridgehead atoms. The number of halogens is 1. The van der Waals surface area contributed by atoms with Gasteiger partial charge in [0.1, 0.15) is 0 Å². The van der Waals surface area contributed by atoms with Crippen molar-refractivity contribution in [3.63, 3.8) is 0 Å². The van der Waals surface area contributed by atoms with Gasteiger partial charge in [0, 0.05) is 13.7 Å². The summed E-state index contributed by atoms with van der Waals surface area (Å²) in [4.78, 5) is 0. The summed E-state index contributed by atoms with van der Waals surface area (Å²) in [6, 6.07) is 0. The first kappa shape index (κ1) is 12.3. The molecule has 0 aromatic rings. The van der Waals surface area contributed by atoms with Crippen LogP contribution in [0.2, 0.25) is 0 Å². The maximum absolute atomic E-state index is 6.02. The molecular weight excluding hydrogens is 200 g/mol. The highest BCUT2D eigenvalue weighted by Crippen LogP contribution is 2.19. The van der Waals surface area contributed by atoms with Gasteiger partial charge in [-0.25, -0.2) is 0 Å². The minimum Gasteiger partial charge on any atom is -0.383 e. The van der Waals surface area contributed by atoms with Gasteiger partial charge in [-0.05, 0) is 25.7 Å². The van der Waals surface area contributed by atoms with Crippen LogP contribution in [-0.2, 0) is 9.47 Å². The van der Waals surface area contributed by atoms with Crippen LogP contribution in [0.1, 0.15) is 38.5 Å². The molecule has 0 saturated carbocycles. The SMILES string of the molecule is COCC(Cl)CCCCC1CCCO1. The van der Waals surface area contributed by atoms with Gasteiger partial charge in [-0.1, -0.05) is 12.8 Å². The van der Waals surface area contributed by atoms with Gasteiger partial charge in [-0.2, -0.15) is 0 Å². The summed E-state index contributed by atoms with van der Waals surface area (Å²) in [6.07, 6.45) is 7.72. The summed E-state index contributed by atoms with van der Waals surface area (Å²) in [6.45, 7) is 1.63. The highest BCUT2D eigenvalue weighted by Gasteiger charge is 2.14. The molecule has 1 fully saturated rings. The van der Waals surface area contributed by atoms with Crippen LogP contribution in [0, 0.1) is 0 Å². The molecule has 2 atom stereocenters. The molecule has 0 aromatic heterocycles. The molecule has 1 rings (SSSR count). The Morgan fingerprint density at radius 2 is 2.36 bits per heavy atom. The van der Waals surface area contributed by atoms with E-state index in [2.05, 4.69) is 0 Å². The standard InChI is InChI=1S/C11H21ClO2/c1-13-9-10(12)5-2-3-6-11-7-4-8-14-11/h10-11H,2-9H2,1H3. The van der Waals surface area contributed by atoms with Crippen LogP contribution >= 0.6 is 11.6 Å². The van der Waals surface area contributed by atoms with Crippen molar-refractivity contribution in [2.24, 2.45) is 0 Å². The van der Waals surface area contributed by atoms with Gasteiger partial charge >= 0.3 is 0 Å². The maximum atomic E-state index is 6.02. The Morgan fingerprint density at radius 3 is 3.00 bits per heavy atom. The van der Waals surface area contributed by atoms with E-state index in [1.807, 2.05) is 0 Å². The van der Waals surface area contributed by atoms with Crippen LogP contribution in [-0.4, -0.2) is 31.8 Å². The number of alkyl halides is 1. The molecule has 0 radical (unpaired) electrons. The molecule has 14 heavy (non-hydrogen) atoms. The average molecular weight is 221 g/mol. The molecule has 0 N–H and O–H groups in total. The summed E-state index contributed by atoms with van der Waals surface area (Å²) >= 11 is 6.02. The fraction of sp³-hybridized carbons (Fsp3) is 1.00. The lowest BCUT2D eigenvalue weighted by Gasteiger charge is -2.10. The van der Waals surface area contributed by atoms with Crippen molar-refractivity contribution in [3.8, 4) is 0 Å². The van der Waals surface area contributed by atoms with Crippen LogP contribution < -0.4 is 0 Å². The van der Waals surface area contributed by atoms with Crippen LogP contribution in [0.15, 0.2) is 0 Å². The summed E-state index contributed by atoms with van der Waals surface area (Å²) in [5, 5.41) is 0.185. The highest BCUT2D eigenvalue weighted by molar-refractivity contribution is 6.20. The van der Waals surface area contributed by atoms with E-state index in [9.17, 15) is 0 Å². The molecule has 2 nitrogen and oxygen atoms in total. The minimum atomic E-state index is 0.185. The number of hydrogen-bond donors (Lipinski definition) is 0. The monoisotopic (exact) mass is 220 g/mol. The lowest BCUT2D eigenvalue weighted by atomic mass is 10.1. The van der Waals surface area contributed by atoms with E-state index in [-0.39, 0.29) is 5.38 Å². The predicted molar refractivity (Wildman–Crippen MR) is 59.0 cm³/mol. The molecule has 0 aromatic carbocycles. The largest absolute Gasteiger partial charge is 0.383 e. The number of methoxy groups -OCH3 is 1. The average Bonchev–Trinajstić information content (AvgIpc) is 2.65. The van der Waals surface area contributed by atoms with Gasteiger partial charge < -0.3 is 9.47 Å². The molecular formula is C11H21ClO2. The Morgan fingerprint density at radius 1 is 1.50 bits per heavy atom. The Balaban J connectivity index is 1.88. The van der Waals surface area contributed by atoms with Gasteiger partial charge in [0.05, 0.1) is 18.1 Å². The molecule has 1 aliphatic heterocycles. The van der Waals surface area contributed by atoms with E-state index in [4.69, 9.17) is 21.1 Å². The van der Waals surface area contributed by atoms with Gasteiger partial charge in [-0.3, -0.25) is 0 Å². The van der Waals surface area contributed by atoms with Gasteiger partial charge in [-0.15, -0.1) is 11.6 Å². The van der Waals surface area contributed by atoms with Crippen LogP contribution in [0.4, 0.5) is 0 Å². The second kappa shape index (κ2) is 7.49. The Bertz CT molecular complexity index is 135. The van der Waals surface area contributed by atoms with E-state index >= 15 is 0 Å². The Hall–Kier alpha value is 0.210. The van der Waals surface area contributed by atoms with Crippen molar-refractivity contribution >= 4 is 11.6 Å². The van der Waals surface area contributed by atoms with Crippen molar-refractivity contribution in [2.75, 3.05) is 20.3 Å². The van der Waals surface area contributed by atoms with E-state index in [1.54, 1.807) is 7.11 Å². The van der Waals surface area contributed by atoms with E-state index in [0.29, 0.717) is 12.7 Å². The first-order chi connectivity index (χ1) is 6.83. The maximum Gasteiger partial charge on any atom is 0.0626 e. The summed E-state index contributed by atoms with van der Waals surface area (Å²) < 4.78 is 10.5. The van der Waals surface area contributed by atoms with Gasteiger partial charge in [0.25, 0.3) is 0 Å². The summed E-state index contributed by atoms with van der Waals surface area (Å²) in [5.41, 5.74) is 0. The number of ether oxygens (including phenoxy) is 2. The number of hydrogen-bond acceptors (Lipinski definition) is 2. The molecule has 2 unspecified atom stereocenters. The first-order valence-corrected chi connectivity index (χ1v) is 6.01. The zero-order valence-corrected chi connectivity index (χ0v) is 9.76. The predicted octanol–water partition coefficient (Wildman–Crippen LogP) is 2.98. The number of rotatable bonds is 7. The zero-order chi connectivity index (χ0) is 10.2. The molecule has 0 spiro atoms. The smallest absolute Gasteiger partial charge is 0.0626 e. The van der Waals surface area contributed by atoms with Crippen LogP contribution in [0.5, 0.6) is 0 Å². The number of unbranched alkanes of at least 4 members (excludes halogenated alkanes) is 1. The van der Waals surface area contributed by atoms with E-state index in [1.165, 1.54) is 32.1 Å². The molecule has 3 heteroatoms. The third-order valence-electron chi connectivity index (χ3n) is 2.66. The van der Waals surface area contributed by atoms with Crippen LogP contribution in [0.25, 0.3) is 0 Å². The molecule has 1 saturated heterocycles. The second-order valence-corrected chi connectivity index (χ2v) is 4.59. The topological polar surface area (TPSA) is 18.5 Å². The third-order valence-corrected chi connectivity index (χ3v) is 3.01. The van der Waals surface area contributed by atoms with Crippen LogP contribution in [0.3, 0.4) is 0 Å². The third kappa shape index (κ3) is 5.18. The molecule has 1 heterocycles. The van der Waals surface area contributed by atoms with Crippen molar-refractivity contribution in [1.29, 1.82) is 0 Å². The van der Waals surface area contributed by atoms with E-state index in [0.717, 1.165) is 13.0 Å². The highest BCUT2D eigenvalue weighted by atomic mass is 35.5. The molecule has 84 valence electrons. The van der Waals surface area contributed by atoms with E-state index < -0.39 is 0 Å². The molecule has 1 aliphatic rings. The zero-order valence-electron chi connectivity index (χ0n) is 9.01. The lowest BCUT2D eigenvalue weighted by Crippen LogP contribution is -2.08. The normalized spacial score (nSPS) is 24.0. The Labute approximate surface area is 91.9 Å². The molecule has 0 amide bonds. The lowest BCUT2D eigenvalue weighted by molar-refractivity contribution is 0.101. The van der Waals surface area contributed by atoms with Gasteiger partial charge in [0.2, 0.25) is 0 Å². The quantitative estimate of drug-likeness (QED) is 0.485. The minimum absolute atomic E-state index is 0.185. The summed E-state index contributed by atoms with van der Waals surface area (Å²) in [7, 11) is 1.70. The van der Waals surface area contributed by atoms with Crippen molar-refractivity contribution in [3.05, 3.63) is 0 Å². The second-order valence-electron chi connectivity index (χ2n) is 3.97. The van der Waals surface area contributed by atoms with Gasteiger partial charge in [0.15, 0.2) is 0 Å². The summed E-state index contributed by atoms with van der Waals surface area (Å²) in [5.74, 6) is 0.